The second-order valence-corrected chi connectivity index (χ2v) is 7.49. The van der Waals surface area contributed by atoms with Crippen LogP contribution in [0.5, 0.6) is 0 Å². The van der Waals surface area contributed by atoms with Crippen molar-refractivity contribution in [2.75, 3.05) is 6.54 Å². The molecule has 1 saturated carbocycles. The summed E-state index contributed by atoms with van der Waals surface area (Å²) in [6.45, 7) is 0.195. The molecular weight excluding hydrogens is 360 g/mol. The molecular formula is C18H19ClN2O3S. The van der Waals surface area contributed by atoms with E-state index in [1.807, 2.05) is 23.6 Å². The maximum absolute atomic E-state index is 12.0. The van der Waals surface area contributed by atoms with Crippen LogP contribution >= 0.6 is 22.9 Å². The number of thiophene rings is 1. The minimum atomic E-state index is -1.10. The van der Waals surface area contributed by atoms with Gasteiger partial charge in [0.25, 0.3) is 0 Å². The lowest BCUT2D eigenvalue weighted by molar-refractivity contribution is -0.140. The van der Waals surface area contributed by atoms with E-state index in [1.165, 1.54) is 11.3 Å². The number of halogens is 1. The molecule has 7 heteroatoms. The molecule has 2 amide bonds. The predicted molar refractivity (Wildman–Crippen MR) is 97.2 cm³/mol. The first kappa shape index (κ1) is 17.9. The summed E-state index contributed by atoms with van der Waals surface area (Å²) in [6, 6.07) is 10.8. The SMILES string of the molecule is O=C(NCc1ccccc1Cl)C(=O)NCC(O)(c1cccs1)C1CC1. The normalized spacial score (nSPS) is 16.1. The van der Waals surface area contributed by atoms with Gasteiger partial charge in [0, 0.05) is 16.4 Å². The molecule has 25 heavy (non-hydrogen) atoms. The number of rotatable bonds is 6. The van der Waals surface area contributed by atoms with Crippen LogP contribution in [0.15, 0.2) is 41.8 Å². The molecule has 5 nitrogen and oxygen atoms in total. The Kier molecular flexibility index (Phi) is 5.42. The maximum Gasteiger partial charge on any atom is 0.309 e. The number of aliphatic hydroxyl groups is 1. The molecule has 0 saturated heterocycles. The van der Waals surface area contributed by atoms with E-state index in [2.05, 4.69) is 10.6 Å². The molecule has 1 aliphatic rings. The third-order valence-corrected chi connectivity index (χ3v) is 5.73. The van der Waals surface area contributed by atoms with E-state index in [1.54, 1.807) is 18.2 Å². The number of carbonyl (C=O) groups is 2. The fourth-order valence-corrected chi connectivity index (χ4v) is 3.82. The number of hydrogen-bond donors (Lipinski definition) is 3. The van der Waals surface area contributed by atoms with Gasteiger partial charge in [0.2, 0.25) is 0 Å². The summed E-state index contributed by atoms with van der Waals surface area (Å²) in [5.74, 6) is -1.38. The van der Waals surface area contributed by atoms with Crippen molar-refractivity contribution in [3.63, 3.8) is 0 Å². The minimum absolute atomic E-state index is 0.0243. The zero-order chi connectivity index (χ0) is 17.9. The average molecular weight is 379 g/mol. The second kappa shape index (κ2) is 7.56. The summed E-state index contributed by atoms with van der Waals surface area (Å²) >= 11 is 7.47. The third-order valence-electron chi connectivity index (χ3n) is 4.32. The van der Waals surface area contributed by atoms with Crippen molar-refractivity contribution in [3.05, 3.63) is 57.2 Å². The van der Waals surface area contributed by atoms with Crippen LogP contribution in [0.25, 0.3) is 0 Å². The fraction of sp³-hybridized carbons (Fsp3) is 0.333. The largest absolute Gasteiger partial charge is 0.382 e. The van der Waals surface area contributed by atoms with Gasteiger partial charge >= 0.3 is 11.8 Å². The van der Waals surface area contributed by atoms with Gasteiger partial charge in [-0.1, -0.05) is 35.9 Å². The summed E-state index contributed by atoms with van der Waals surface area (Å²) in [7, 11) is 0. The first-order valence-electron chi connectivity index (χ1n) is 8.06. The molecule has 1 aliphatic carbocycles. The predicted octanol–water partition coefficient (Wildman–Crippen LogP) is 2.43. The Morgan fingerprint density at radius 2 is 1.88 bits per heavy atom. The molecule has 0 bridgehead atoms. The fourth-order valence-electron chi connectivity index (χ4n) is 2.71. The van der Waals surface area contributed by atoms with Gasteiger partial charge in [-0.05, 0) is 41.8 Å². The van der Waals surface area contributed by atoms with Crippen LogP contribution in [0, 0.1) is 5.92 Å². The summed E-state index contributed by atoms with van der Waals surface area (Å²) in [6.07, 6.45) is 1.84. The van der Waals surface area contributed by atoms with Gasteiger partial charge in [-0.3, -0.25) is 9.59 Å². The van der Waals surface area contributed by atoms with Gasteiger partial charge < -0.3 is 15.7 Å². The molecule has 0 radical (unpaired) electrons. The van der Waals surface area contributed by atoms with Crippen molar-refractivity contribution in [2.45, 2.75) is 25.0 Å². The molecule has 1 unspecified atom stereocenters. The van der Waals surface area contributed by atoms with E-state index in [0.29, 0.717) is 5.02 Å². The smallest absolute Gasteiger partial charge is 0.309 e. The van der Waals surface area contributed by atoms with Gasteiger partial charge in [0.15, 0.2) is 0 Å². The van der Waals surface area contributed by atoms with E-state index >= 15 is 0 Å². The number of benzene rings is 1. The number of nitrogens with one attached hydrogen (secondary N) is 2. The molecule has 3 rings (SSSR count). The van der Waals surface area contributed by atoms with E-state index in [0.717, 1.165) is 23.3 Å². The van der Waals surface area contributed by atoms with Crippen LogP contribution in [-0.4, -0.2) is 23.5 Å². The number of carbonyl (C=O) groups excluding carboxylic acids is 2. The van der Waals surface area contributed by atoms with Gasteiger partial charge in [0.1, 0.15) is 5.60 Å². The molecule has 0 aliphatic heterocycles. The van der Waals surface area contributed by atoms with Crippen molar-refractivity contribution < 1.29 is 14.7 Å². The lowest BCUT2D eigenvalue weighted by atomic mass is 9.95. The van der Waals surface area contributed by atoms with Gasteiger partial charge in [0.05, 0.1) is 6.54 Å². The lowest BCUT2D eigenvalue weighted by Gasteiger charge is -2.27. The Hall–Kier alpha value is -1.89. The van der Waals surface area contributed by atoms with Crippen LogP contribution in [0.4, 0.5) is 0 Å². The van der Waals surface area contributed by atoms with Crippen molar-refractivity contribution >= 4 is 34.8 Å². The van der Waals surface area contributed by atoms with Gasteiger partial charge in [-0.25, -0.2) is 0 Å². The zero-order valence-corrected chi connectivity index (χ0v) is 15.1. The maximum atomic E-state index is 12.0. The van der Waals surface area contributed by atoms with Crippen molar-refractivity contribution in [3.8, 4) is 0 Å². The Bertz CT molecular complexity index is 761. The van der Waals surface area contributed by atoms with Crippen molar-refractivity contribution in [2.24, 2.45) is 5.92 Å². The lowest BCUT2D eigenvalue weighted by Crippen LogP contribution is -2.47. The first-order chi connectivity index (χ1) is 12.0. The van der Waals surface area contributed by atoms with Crippen LogP contribution in [0.1, 0.15) is 23.3 Å². The minimum Gasteiger partial charge on any atom is -0.382 e. The van der Waals surface area contributed by atoms with Gasteiger partial charge in [-0.15, -0.1) is 11.3 Å². The first-order valence-corrected chi connectivity index (χ1v) is 9.32. The average Bonchev–Trinajstić information content (AvgIpc) is 3.33. The molecule has 1 aromatic carbocycles. The number of amides is 2. The molecule has 2 aromatic rings. The summed E-state index contributed by atoms with van der Waals surface area (Å²) in [5, 5.41) is 18.5. The van der Waals surface area contributed by atoms with E-state index < -0.39 is 17.4 Å². The van der Waals surface area contributed by atoms with Gasteiger partial charge in [-0.2, -0.15) is 0 Å². The third kappa shape index (κ3) is 4.21. The summed E-state index contributed by atoms with van der Waals surface area (Å²) in [4.78, 5) is 24.8. The summed E-state index contributed by atoms with van der Waals surface area (Å²) < 4.78 is 0. The molecule has 0 spiro atoms. The zero-order valence-electron chi connectivity index (χ0n) is 13.5. The highest BCUT2D eigenvalue weighted by Crippen LogP contribution is 2.46. The standard InChI is InChI=1S/C18H19ClN2O3S/c19-14-5-2-1-4-12(14)10-20-16(22)17(23)21-11-18(24,13-7-8-13)15-6-3-9-25-15/h1-6,9,13,24H,7-8,10-11H2,(H,20,22)(H,21,23). The molecule has 3 N–H and O–H groups in total. The van der Waals surface area contributed by atoms with Crippen molar-refractivity contribution in [1.29, 1.82) is 0 Å². The second-order valence-electron chi connectivity index (χ2n) is 6.13. The molecule has 1 aromatic heterocycles. The highest BCUT2D eigenvalue weighted by molar-refractivity contribution is 7.10. The Labute approximate surface area is 155 Å². The van der Waals surface area contributed by atoms with E-state index in [4.69, 9.17) is 11.6 Å². The van der Waals surface area contributed by atoms with Crippen molar-refractivity contribution in [1.82, 2.24) is 10.6 Å². The highest BCUT2D eigenvalue weighted by Gasteiger charge is 2.46. The van der Waals surface area contributed by atoms with E-state index in [9.17, 15) is 14.7 Å². The van der Waals surface area contributed by atoms with Crippen LogP contribution in [-0.2, 0) is 21.7 Å². The molecule has 1 atom stereocenters. The molecule has 132 valence electrons. The van der Waals surface area contributed by atoms with Crippen LogP contribution < -0.4 is 10.6 Å². The Balaban J connectivity index is 1.54. The molecule has 1 heterocycles. The van der Waals surface area contributed by atoms with Crippen LogP contribution in [0.2, 0.25) is 5.02 Å². The van der Waals surface area contributed by atoms with E-state index in [-0.39, 0.29) is 19.0 Å². The summed E-state index contributed by atoms with van der Waals surface area (Å²) in [5.41, 5.74) is -0.370. The highest BCUT2D eigenvalue weighted by atomic mass is 35.5. The topological polar surface area (TPSA) is 78.4 Å². The molecule has 1 fully saturated rings. The Morgan fingerprint density at radius 3 is 2.52 bits per heavy atom. The number of hydrogen-bond acceptors (Lipinski definition) is 4. The Morgan fingerprint density at radius 1 is 1.16 bits per heavy atom. The monoisotopic (exact) mass is 378 g/mol. The quantitative estimate of drug-likeness (QED) is 0.675. The van der Waals surface area contributed by atoms with Crippen LogP contribution in [0.3, 0.4) is 0 Å².